The smallest absolute Gasteiger partial charge is 0.282 e. The molecule has 208 valence electrons. The van der Waals surface area contributed by atoms with Gasteiger partial charge < -0.3 is 9.47 Å². The largest absolute Gasteiger partial charge is 0.496 e. The highest BCUT2D eigenvalue weighted by Gasteiger charge is 2.18. The van der Waals surface area contributed by atoms with E-state index in [-0.39, 0.29) is 18.1 Å². The van der Waals surface area contributed by atoms with Crippen LogP contribution in [-0.4, -0.2) is 23.0 Å². The third kappa shape index (κ3) is 5.99. The van der Waals surface area contributed by atoms with Crippen LogP contribution in [0.1, 0.15) is 42.0 Å². The lowest BCUT2D eigenvalue weighted by Crippen LogP contribution is -2.21. The molecule has 0 radical (unpaired) electrons. The molecule has 0 unspecified atom stereocenters. The Morgan fingerprint density at radius 1 is 0.976 bits per heavy atom. The zero-order valence-corrected chi connectivity index (χ0v) is 24.7. The quantitative estimate of drug-likeness (QED) is 0.172. The topological polar surface area (TPSA) is 65.7 Å². The van der Waals surface area contributed by atoms with E-state index in [0.717, 1.165) is 28.0 Å². The number of fused-ring (bicyclic) bond motifs is 1. The first-order valence-electron chi connectivity index (χ1n) is 13.2. The van der Waals surface area contributed by atoms with Crippen LogP contribution in [0, 0.1) is 6.92 Å². The maximum absolute atomic E-state index is 13.8. The molecule has 0 aliphatic heterocycles. The molecule has 0 N–H and O–H groups in total. The molecular formula is C33H29Cl2N3O3. The molecule has 0 atom stereocenters. The Morgan fingerprint density at radius 3 is 2.49 bits per heavy atom. The zero-order chi connectivity index (χ0) is 29.1. The van der Waals surface area contributed by atoms with E-state index in [4.69, 9.17) is 37.7 Å². The summed E-state index contributed by atoms with van der Waals surface area (Å²) in [6.07, 6.45) is 1.61. The van der Waals surface area contributed by atoms with Crippen molar-refractivity contribution < 1.29 is 9.47 Å². The number of aromatic nitrogens is 2. The van der Waals surface area contributed by atoms with Gasteiger partial charge in [0.2, 0.25) is 0 Å². The number of benzene rings is 4. The summed E-state index contributed by atoms with van der Waals surface area (Å²) in [5.41, 5.74) is 4.57. The second-order valence-corrected chi connectivity index (χ2v) is 10.8. The van der Waals surface area contributed by atoms with Crippen LogP contribution in [0.25, 0.3) is 22.3 Å². The minimum Gasteiger partial charge on any atom is -0.496 e. The van der Waals surface area contributed by atoms with Gasteiger partial charge in [-0.3, -0.25) is 4.79 Å². The Hall–Kier alpha value is -4.13. The SMILES string of the molecule is COc1cc(C)c(-c2nc3ccccc3c(=O)n2N=Cc2ccccc2OCc2ccc(Cl)cc2Cl)cc1C(C)C. The summed E-state index contributed by atoms with van der Waals surface area (Å²) in [6, 6.07) is 24.0. The molecule has 0 amide bonds. The van der Waals surface area contributed by atoms with E-state index in [1.165, 1.54) is 4.68 Å². The summed E-state index contributed by atoms with van der Waals surface area (Å²) in [4.78, 5) is 18.7. The number of hydrogen-bond donors (Lipinski definition) is 0. The van der Waals surface area contributed by atoms with Crippen molar-refractivity contribution in [1.29, 1.82) is 0 Å². The summed E-state index contributed by atoms with van der Waals surface area (Å²) in [5, 5.41) is 6.23. The van der Waals surface area contributed by atoms with E-state index in [1.807, 2.05) is 67.6 Å². The van der Waals surface area contributed by atoms with Crippen molar-refractivity contribution in [2.75, 3.05) is 7.11 Å². The summed E-state index contributed by atoms with van der Waals surface area (Å²) >= 11 is 12.4. The zero-order valence-electron chi connectivity index (χ0n) is 23.2. The van der Waals surface area contributed by atoms with Crippen LogP contribution in [-0.2, 0) is 6.61 Å². The number of methoxy groups -OCH3 is 1. The fourth-order valence-corrected chi connectivity index (χ4v) is 5.07. The number of nitrogens with zero attached hydrogens (tertiary/aromatic N) is 3. The van der Waals surface area contributed by atoms with Gasteiger partial charge in [0, 0.05) is 26.7 Å². The van der Waals surface area contributed by atoms with Crippen LogP contribution in [0.3, 0.4) is 0 Å². The fraction of sp³-hybridized carbons (Fsp3) is 0.182. The first-order valence-corrected chi connectivity index (χ1v) is 13.9. The van der Waals surface area contributed by atoms with Crippen molar-refractivity contribution in [2.24, 2.45) is 5.10 Å². The molecule has 5 aromatic rings. The van der Waals surface area contributed by atoms with Gasteiger partial charge in [-0.15, -0.1) is 0 Å². The summed E-state index contributed by atoms with van der Waals surface area (Å²) < 4.78 is 13.1. The molecule has 0 saturated heterocycles. The third-order valence-corrected chi connectivity index (χ3v) is 7.41. The van der Waals surface area contributed by atoms with E-state index in [1.54, 1.807) is 31.5 Å². The molecule has 8 heteroatoms. The van der Waals surface area contributed by atoms with Crippen molar-refractivity contribution in [2.45, 2.75) is 33.3 Å². The van der Waals surface area contributed by atoms with Gasteiger partial charge in [0.25, 0.3) is 5.56 Å². The van der Waals surface area contributed by atoms with E-state index in [9.17, 15) is 4.79 Å². The predicted octanol–water partition coefficient (Wildman–Crippen LogP) is 8.27. The molecule has 4 aromatic carbocycles. The van der Waals surface area contributed by atoms with Gasteiger partial charge >= 0.3 is 0 Å². The summed E-state index contributed by atoms with van der Waals surface area (Å²) in [6.45, 7) is 6.42. The van der Waals surface area contributed by atoms with Gasteiger partial charge in [-0.05, 0) is 72.5 Å². The lowest BCUT2D eigenvalue weighted by molar-refractivity contribution is 0.306. The Balaban J connectivity index is 1.60. The second-order valence-electron chi connectivity index (χ2n) is 9.94. The minimum atomic E-state index is -0.269. The Kier molecular flexibility index (Phi) is 8.43. The fourth-order valence-electron chi connectivity index (χ4n) is 4.61. The molecule has 0 fully saturated rings. The van der Waals surface area contributed by atoms with Gasteiger partial charge in [0.05, 0.1) is 24.2 Å². The molecule has 41 heavy (non-hydrogen) atoms. The lowest BCUT2D eigenvalue weighted by Gasteiger charge is -2.17. The maximum atomic E-state index is 13.8. The van der Waals surface area contributed by atoms with Gasteiger partial charge in [0.15, 0.2) is 5.82 Å². The van der Waals surface area contributed by atoms with E-state index in [2.05, 4.69) is 18.9 Å². The Labute approximate surface area is 248 Å². The van der Waals surface area contributed by atoms with E-state index in [0.29, 0.717) is 38.1 Å². The number of aryl methyl sites for hydroxylation is 1. The normalized spacial score (nSPS) is 11.5. The van der Waals surface area contributed by atoms with Crippen LogP contribution in [0.15, 0.2) is 88.8 Å². The third-order valence-electron chi connectivity index (χ3n) is 6.82. The molecular weight excluding hydrogens is 557 g/mol. The number of ether oxygens (including phenoxy) is 2. The Bertz CT molecular complexity index is 1830. The lowest BCUT2D eigenvalue weighted by atomic mass is 9.96. The highest BCUT2D eigenvalue weighted by atomic mass is 35.5. The highest BCUT2D eigenvalue weighted by molar-refractivity contribution is 6.35. The van der Waals surface area contributed by atoms with E-state index >= 15 is 0 Å². The minimum absolute atomic E-state index is 0.201. The van der Waals surface area contributed by atoms with Gasteiger partial charge in [-0.2, -0.15) is 9.78 Å². The van der Waals surface area contributed by atoms with Crippen LogP contribution in [0.4, 0.5) is 0 Å². The summed E-state index contributed by atoms with van der Waals surface area (Å²) in [7, 11) is 1.66. The molecule has 5 rings (SSSR count). The number of para-hydroxylation sites is 2. The number of halogens is 2. The highest BCUT2D eigenvalue weighted by Crippen LogP contribution is 2.34. The van der Waals surface area contributed by atoms with Crippen LogP contribution < -0.4 is 15.0 Å². The van der Waals surface area contributed by atoms with Crippen molar-refractivity contribution in [3.63, 3.8) is 0 Å². The molecule has 0 bridgehead atoms. The van der Waals surface area contributed by atoms with Gasteiger partial charge in [0.1, 0.15) is 18.1 Å². The van der Waals surface area contributed by atoms with Crippen LogP contribution in [0.2, 0.25) is 10.0 Å². The van der Waals surface area contributed by atoms with Crippen molar-refractivity contribution in [3.05, 3.63) is 122 Å². The van der Waals surface area contributed by atoms with Crippen molar-refractivity contribution in [1.82, 2.24) is 9.66 Å². The molecule has 6 nitrogen and oxygen atoms in total. The summed E-state index contributed by atoms with van der Waals surface area (Å²) in [5.74, 6) is 2.03. The predicted molar refractivity (Wildman–Crippen MR) is 167 cm³/mol. The molecule has 0 aliphatic carbocycles. The molecule has 0 spiro atoms. The molecule has 0 saturated carbocycles. The second kappa shape index (κ2) is 12.2. The molecule has 1 aromatic heterocycles. The first-order chi connectivity index (χ1) is 19.8. The monoisotopic (exact) mass is 585 g/mol. The van der Waals surface area contributed by atoms with Gasteiger partial charge in [-0.25, -0.2) is 4.98 Å². The molecule has 0 aliphatic rings. The average Bonchev–Trinajstić information content (AvgIpc) is 2.96. The maximum Gasteiger partial charge on any atom is 0.282 e. The van der Waals surface area contributed by atoms with Crippen LogP contribution in [0.5, 0.6) is 11.5 Å². The van der Waals surface area contributed by atoms with E-state index < -0.39 is 0 Å². The molecule has 1 heterocycles. The first kappa shape index (κ1) is 28.4. The number of hydrogen-bond acceptors (Lipinski definition) is 5. The van der Waals surface area contributed by atoms with Crippen molar-refractivity contribution >= 4 is 40.3 Å². The standard InChI is InChI=1S/C33H29Cl2N3O3/c1-20(2)26-17-27(21(3)15-31(26)40-4)32-37-29-11-7-6-10-25(29)33(39)38(32)36-18-22-9-5-8-12-30(22)41-19-23-13-14-24(34)16-28(23)35/h5-18,20H,19H2,1-4H3. The Morgan fingerprint density at radius 2 is 1.73 bits per heavy atom. The van der Waals surface area contributed by atoms with Crippen molar-refractivity contribution in [3.8, 4) is 22.9 Å². The average molecular weight is 587 g/mol. The van der Waals surface area contributed by atoms with Gasteiger partial charge in [-0.1, -0.05) is 67.4 Å². The number of rotatable bonds is 8. The van der Waals surface area contributed by atoms with Crippen LogP contribution >= 0.6 is 23.2 Å².